The van der Waals surface area contributed by atoms with Gasteiger partial charge in [-0.2, -0.15) is 0 Å². The molecule has 0 aliphatic rings. The molecule has 1 nitrogen and oxygen atoms in total. The maximum Gasteiger partial charge on any atom is 0.0546 e. The number of anilines is 3. The van der Waals surface area contributed by atoms with Gasteiger partial charge in [0.15, 0.2) is 0 Å². The van der Waals surface area contributed by atoms with Gasteiger partial charge in [0.05, 0.1) is 11.4 Å². The van der Waals surface area contributed by atoms with Gasteiger partial charge < -0.3 is 4.90 Å². The molecule has 0 heterocycles. The van der Waals surface area contributed by atoms with Crippen LogP contribution >= 0.6 is 0 Å². The zero-order valence-electron chi connectivity index (χ0n) is 30.0. The minimum Gasteiger partial charge on any atom is -0.309 e. The van der Waals surface area contributed by atoms with E-state index in [9.17, 15) is 0 Å². The summed E-state index contributed by atoms with van der Waals surface area (Å²) in [6.07, 6.45) is 0. The Labute approximate surface area is 318 Å². The summed E-state index contributed by atoms with van der Waals surface area (Å²) >= 11 is 0. The number of benzene rings is 11. The second-order valence-corrected chi connectivity index (χ2v) is 14.8. The van der Waals surface area contributed by atoms with Crippen LogP contribution in [0.1, 0.15) is 0 Å². The number of hydrogen-bond acceptors (Lipinski definition) is 1. The Balaban J connectivity index is 1.21. The van der Waals surface area contributed by atoms with Gasteiger partial charge in [0.25, 0.3) is 0 Å². The topological polar surface area (TPSA) is 3.24 Å². The van der Waals surface area contributed by atoms with Crippen molar-refractivity contribution in [2.24, 2.45) is 0 Å². The summed E-state index contributed by atoms with van der Waals surface area (Å²) in [4.78, 5) is 2.49. The molecule has 0 radical (unpaired) electrons. The molecule has 12 aromatic carbocycles. The normalized spacial score (nSPS) is 12.0. The molecule has 254 valence electrons. The largest absolute Gasteiger partial charge is 0.309 e. The average molecular weight is 696 g/mol. The van der Waals surface area contributed by atoms with Gasteiger partial charge in [0.2, 0.25) is 0 Å². The fraction of sp³-hybridized carbons (Fsp3) is 0. The van der Waals surface area contributed by atoms with E-state index in [4.69, 9.17) is 0 Å². The summed E-state index contributed by atoms with van der Waals surface area (Å²) in [6.45, 7) is 0. The van der Waals surface area contributed by atoms with Gasteiger partial charge in [0.1, 0.15) is 0 Å². The lowest BCUT2D eigenvalue weighted by Gasteiger charge is -2.29. The molecule has 1 heteroatoms. The monoisotopic (exact) mass is 695 g/mol. The number of hydrogen-bond donors (Lipinski definition) is 0. The van der Waals surface area contributed by atoms with E-state index in [1.807, 2.05) is 0 Å². The Morgan fingerprint density at radius 3 is 1.40 bits per heavy atom. The van der Waals surface area contributed by atoms with E-state index in [-0.39, 0.29) is 0 Å². The Morgan fingerprint density at radius 1 is 0.255 bits per heavy atom. The summed E-state index contributed by atoms with van der Waals surface area (Å²) in [5.41, 5.74) is 5.88. The molecule has 0 aromatic heterocycles. The zero-order valence-corrected chi connectivity index (χ0v) is 30.0. The van der Waals surface area contributed by atoms with Gasteiger partial charge in [-0.25, -0.2) is 0 Å². The molecule has 0 saturated heterocycles. The molecule has 0 spiro atoms. The molecule has 0 bridgehead atoms. The fourth-order valence-corrected chi connectivity index (χ4v) is 9.55. The summed E-state index contributed by atoms with van der Waals surface area (Å²) in [5, 5.41) is 20.3. The van der Waals surface area contributed by atoms with Crippen LogP contribution < -0.4 is 4.90 Å². The lowest BCUT2D eigenvalue weighted by molar-refractivity contribution is 1.32. The smallest absolute Gasteiger partial charge is 0.0546 e. The van der Waals surface area contributed by atoms with Gasteiger partial charge in [-0.15, -0.1) is 0 Å². The Hall–Kier alpha value is -7.22. The van der Waals surface area contributed by atoms with Crippen LogP contribution in [0.4, 0.5) is 17.1 Å². The van der Waals surface area contributed by atoms with Gasteiger partial charge in [-0.3, -0.25) is 0 Å². The molecule has 0 fully saturated rings. The second kappa shape index (κ2) is 11.6. The predicted octanol–water partition coefficient (Wildman–Crippen LogP) is 15.5. The second-order valence-electron chi connectivity index (χ2n) is 14.8. The van der Waals surface area contributed by atoms with E-state index in [2.05, 4.69) is 205 Å². The lowest BCUT2D eigenvalue weighted by atomic mass is 9.87. The van der Waals surface area contributed by atoms with Crippen LogP contribution in [-0.2, 0) is 0 Å². The van der Waals surface area contributed by atoms with Crippen molar-refractivity contribution >= 4 is 103 Å². The minimum absolute atomic E-state index is 1.12. The first kappa shape index (κ1) is 30.3. The first-order valence-corrected chi connectivity index (χ1v) is 19.1. The molecule has 0 aliphatic carbocycles. The van der Waals surface area contributed by atoms with E-state index >= 15 is 0 Å². The maximum absolute atomic E-state index is 2.49. The summed E-state index contributed by atoms with van der Waals surface area (Å²) in [7, 11) is 0. The first-order chi connectivity index (χ1) is 27.3. The van der Waals surface area contributed by atoms with Crippen molar-refractivity contribution in [2.75, 3.05) is 4.90 Å². The average Bonchev–Trinajstić information content (AvgIpc) is 3.25. The molecule has 0 atom stereocenters. The Bertz CT molecular complexity index is 3470. The number of fused-ring (bicyclic) bond motifs is 4. The van der Waals surface area contributed by atoms with Gasteiger partial charge in [-0.05, 0) is 105 Å². The SMILES string of the molecule is c1ccc2c(-c3ccc(N(c4cccc5ccccc45)c4cc5cccc6c7cccc8ccc9cccc(c%10cccc4c%10c56)c9c87)cc3)cccc2c1. The summed E-state index contributed by atoms with van der Waals surface area (Å²) < 4.78 is 0. The first-order valence-electron chi connectivity index (χ1n) is 19.1. The van der Waals surface area contributed by atoms with Crippen molar-refractivity contribution in [3.63, 3.8) is 0 Å². The van der Waals surface area contributed by atoms with Gasteiger partial charge >= 0.3 is 0 Å². The van der Waals surface area contributed by atoms with E-state index in [1.54, 1.807) is 0 Å². The molecule has 12 rings (SSSR count). The third kappa shape index (κ3) is 4.41. The predicted molar refractivity (Wildman–Crippen MR) is 238 cm³/mol. The van der Waals surface area contributed by atoms with E-state index in [0.717, 1.165) is 17.1 Å². The van der Waals surface area contributed by atoms with Gasteiger partial charge in [-0.1, -0.05) is 176 Å². The highest BCUT2D eigenvalue weighted by atomic mass is 15.1. The van der Waals surface area contributed by atoms with Crippen LogP contribution in [0, 0.1) is 0 Å². The van der Waals surface area contributed by atoms with E-state index in [1.165, 1.54) is 97.3 Å². The molecular weight excluding hydrogens is 663 g/mol. The zero-order chi connectivity index (χ0) is 36.0. The Morgan fingerprint density at radius 2 is 0.709 bits per heavy atom. The molecule has 55 heavy (non-hydrogen) atoms. The molecule has 0 N–H and O–H groups in total. The van der Waals surface area contributed by atoms with Crippen LogP contribution in [0.3, 0.4) is 0 Å². The molecule has 0 amide bonds. The molecular formula is C54H33N. The van der Waals surface area contributed by atoms with Crippen LogP contribution in [0.5, 0.6) is 0 Å². The number of rotatable bonds is 4. The lowest BCUT2D eigenvalue weighted by Crippen LogP contribution is -2.11. The fourth-order valence-electron chi connectivity index (χ4n) is 9.55. The minimum atomic E-state index is 1.12. The Kier molecular flexibility index (Phi) is 6.40. The highest BCUT2D eigenvalue weighted by Gasteiger charge is 2.22. The van der Waals surface area contributed by atoms with Crippen molar-refractivity contribution in [2.45, 2.75) is 0 Å². The van der Waals surface area contributed by atoms with Crippen LogP contribution in [-0.4, -0.2) is 0 Å². The summed E-state index contributed by atoms with van der Waals surface area (Å²) in [5.74, 6) is 0. The standard InChI is InChI=1S/C54H33N/c1-3-18-41-34(11-1)13-5-20-42(41)36-29-31-40(32-30-36)55(49-26-9-14-35-12-2-4-19-43(35)49)50-33-39-17-8-23-45-44-21-6-15-37-27-28-38-16-7-22-46(52(38)51(37)44)47-24-10-25-48(50)54(47)53(39)45/h1-33H. The number of nitrogens with zero attached hydrogens (tertiary/aromatic N) is 1. The third-order valence-electron chi connectivity index (χ3n) is 11.9. The molecule has 12 aromatic rings. The van der Waals surface area contributed by atoms with Crippen molar-refractivity contribution in [1.82, 2.24) is 0 Å². The maximum atomic E-state index is 2.49. The van der Waals surface area contributed by atoms with Crippen LogP contribution in [0.15, 0.2) is 200 Å². The van der Waals surface area contributed by atoms with Crippen molar-refractivity contribution < 1.29 is 0 Å². The van der Waals surface area contributed by atoms with Crippen molar-refractivity contribution in [3.05, 3.63) is 200 Å². The van der Waals surface area contributed by atoms with Crippen molar-refractivity contribution in [3.8, 4) is 11.1 Å². The molecule has 0 unspecified atom stereocenters. The summed E-state index contributed by atoms with van der Waals surface area (Å²) in [6, 6.07) is 74.3. The quantitative estimate of drug-likeness (QED) is 0.166. The van der Waals surface area contributed by atoms with E-state index < -0.39 is 0 Å². The van der Waals surface area contributed by atoms with Crippen LogP contribution in [0.25, 0.3) is 97.3 Å². The third-order valence-corrected chi connectivity index (χ3v) is 11.9. The highest BCUT2D eigenvalue weighted by molar-refractivity contribution is 6.38. The van der Waals surface area contributed by atoms with Gasteiger partial charge in [0, 0.05) is 21.8 Å². The van der Waals surface area contributed by atoms with Crippen molar-refractivity contribution in [1.29, 1.82) is 0 Å². The van der Waals surface area contributed by atoms with E-state index in [0.29, 0.717) is 0 Å². The molecule has 0 aliphatic heterocycles. The van der Waals surface area contributed by atoms with Crippen LogP contribution in [0.2, 0.25) is 0 Å². The molecule has 0 saturated carbocycles. The highest BCUT2D eigenvalue weighted by Crippen LogP contribution is 2.49.